The van der Waals surface area contributed by atoms with E-state index < -0.39 is 24.2 Å². The SMILES string of the molecule is C[C@H](OC(=O)CN(C)C)C(=O)N1CCC(CCn2c(Sc3cc4c(cc3Br)OCO4)nc3c(N)ncnc32)CC1.O=C(O)C(F)(F)F. The van der Waals surface area contributed by atoms with Crippen molar-refractivity contribution in [2.75, 3.05) is 46.3 Å². The summed E-state index contributed by atoms with van der Waals surface area (Å²) in [6.45, 7) is 3.93. The zero-order valence-corrected chi connectivity index (χ0v) is 28.0. The molecule has 14 nitrogen and oxygen atoms in total. The lowest BCUT2D eigenvalue weighted by atomic mass is 9.93. The van der Waals surface area contributed by atoms with Crippen molar-refractivity contribution < 1.29 is 46.9 Å². The van der Waals surface area contributed by atoms with Gasteiger partial charge in [0.1, 0.15) is 6.33 Å². The number of aromatic nitrogens is 4. The number of likely N-dealkylation sites (N-methyl/N-ethyl adjacent to an activating group) is 1. The Morgan fingerprint density at radius 2 is 1.83 bits per heavy atom. The number of carbonyl (C=O) groups is 3. The largest absolute Gasteiger partial charge is 0.490 e. The number of nitrogens with two attached hydrogens (primary N) is 1. The van der Waals surface area contributed by atoms with E-state index in [2.05, 4.69) is 30.5 Å². The van der Waals surface area contributed by atoms with Gasteiger partial charge in [-0.2, -0.15) is 13.2 Å². The minimum Gasteiger partial charge on any atom is -0.475 e. The van der Waals surface area contributed by atoms with Crippen molar-refractivity contribution in [2.45, 2.75) is 55.1 Å². The number of esters is 1. The van der Waals surface area contributed by atoms with Crippen LogP contribution in [0.4, 0.5) is 19.0 Å². The van der Waals surface area contributed by atoms with Gasteiger partial charge in [0.2, 0.25) is 6.79 Å². The van der Waals surface area contributed by atoms with Gasteiger partial charge in [0, 0.05) is 29.0 Å². The zero-order valence-electron chi connectivity index (χ0n) is 25.6. The molecule has 1 saturated heterocycles. The van der Waals surface area contributed by atoms with Crippen LogP contribution in [0, 0.1) is 5.92 Å². The van der Waals surface area contributed by atoms with E-state index in [0.717, 1.165) is 33.8 Å². The maximum absolute atomic E-state index is 12.8. The van der Waals surface area contributed by atoms with Gasteiger partial charge >= 0.3 is 18.1 Å². The minimum atomic E-state index is -5.08. The Kier molecular flexibility index (Phi) is 11.8. The average molecular weight is 749 g/mol. The van der Waals surface area contributed by atoms with Gasteiger partial charge in [-0.1, -0.05) is 11.8 Å². The molecule has 0 radical (unpaired) electrons. The fourth-order valence-corrected chi connectivity index (χ4v) is 6.35. The summed E-state index contributed by atoms with van der Waals surface area (Å²) in [6, 6.07) is 3.83. The zero-order chi connectivity index (χ0) is 34.5. The quantitative estimate of drug-likeness (QED) is 0.303. The number of carbonyl (C=O) groups excluding carboxylic acids is 2. The second-order valence-electron chi connectivity index (χ2n) is 10.9. The van der Waals surface area contributed by atoms with E-state index in [1.165, 1.54) is 18.1 Å². The lowest BCUT2D eigenvalue weighted by molar-refractivity contribution is -0.192. The Morgan fingerprint density at radius 3 is 2.45 bits per heavy atom. The van der Waals surface area contributed by atoms with Crippen molar-refractivity contribution in [3.8, 4) is 11.5 Å². The molecule has 0 unspecified atom stereocenters. The van der Waals surface area contributed by atoms with Gasteiger partial charge in [-0.05, 0) is 74.3 Å². The summed E-state index contributed by atoms with van der Waals surface area (Å²) in [5, 5.41) is 7.88. The third kappa shape index (κ3) is 9.38. The number of aliphatic carboxylic acids is 1. The van der Waals surface area contributed by atoms with Gasteiger partial charge in [-0.15, -0.1) is 0 Å². The van der Waals surface area contributed by atoms with E-state index in [-0.39, 0.29) is 19.2 Å². The molecule has 1 amide bonds. The van der Waals surface area contributed by atoms with Crippen LogP contribution in [-0.4, -0.2) is 105 Å². The van der Waals surface area contributed by atoms with Crippen LogP contribution in [0.2, 0.25) is 0 Å². The van der Waals surface area contributed by atoms with Crippen LogP contribution in [0.3, 0.4) is 0 Å². The molecule has 4 heterocycles. The summed E-state index contributed by atoms with van der Waals surface area (Å²) in [7, 11) is 3.57. The molecule has 0 aliphatic carbocycles. The average Bonchev–Trinajstić information content (AvgIpc) is 3.59. The van der Waals surface area contributed by atoms with Crippen LogP contribution in [0.15, 0.2) is 33.0 Å². The van der Waals surface area contributed by atoms with Crippen LogP contribution >= 0.6 is 27.7 Å². The van der Waals surface area contributed by atoms with Crippen molar-refractivity contribution in [1.29, 1.82) is 0 Å². The number of carboxylic acid groups (broad SMARTS) is 1. The normalized spacial score (nSPS) is 15.4. The topological polar surface area (TPSA) is 175 Å². The number of imidazole rings is 1. The highest BCUT2D eigenvalue weighted by molar-refractivity contribution is 9.10. The maximum Gasteiger partial charge on any atom is 0.490 e. The number of alkyl halides is 3. The van der Waals surface area contributed by atoms with Gasteiger partial charge in [-0.3, -0.25) is 14.5 Å². The first-order valence-corrected chi connectivity index (χ1v) is 15.9. The summed E-state index contributed by atoms with van der Waals surface area (Å²) >= 11 is 5.13. The fraction of sp³-hybridized carbons (Fsp3) is 0.500. The number of carboxylic acids is 1. The van der Waals surface area contributed by atoms with E-state index >= 15 is 0 Å². The van der Waals surface area contributed by atoms with Crippen molar-refractivity contribution >= 4 is 62.5 Å². The number of nitrogens with zero attached hydrogens (tertiary/aromatic N) is 6. The predicted molar refractivity (Wildman–Crippen MR) is 166 cm³/mol. The number of amides is 1. The van der Waals surface area contributed by atoms with Crippen molar-refractivity contribution in [3.05, 3.63) is 22.9 Å². The molecule has 47 heavy (non-hydrogen) atoms. The van der Waals surface area contributed by atoms with E-state index in [1.54, 1.807) is 30.8 Å². The highest BCUT2D eigenvalue weighted by atomic mass is 79.9. The lowest BCUT2D eigenvalue weighted by Gasteiger charge is -2.33. The summed E-state index contributed by atoms with van der Waals surface area (Å²) in [4.78, 5) is 51.5. The predicted octanol–water partition coefficient (Wildman–Crippen LogP) is 3.81. The Hall–Kier alpha value is -3.84. The van der Waals surface area contributed by atoms with Gasteiger partial charge in [0.15, 0.2) is 39.7 Å². The molecule has 1 fully saturated rings. The monoisotopic (exact) mass is 747 g/mol. The molecular formula is C28H33BrF3N7O7S. The van der Waals surface area contributed by atoms with Crippen molar-refractivity contribution in [1.82, 2.24) is 29.3 Å². The molecule has 1 atom stereocenters. The number of hydrogen-bond acceptors (Lipinski definition) is 12. The number of anilines is 1. The van der Waals surface area contributed by atoms with Gasteiger partial charge in [0.05, 0.1) is 6.54 Å². The molecule has 3 N–H and O–H groups in total. The molecule has 19 heteroatoms. The summed E-state index contributed by atoms with van der Waals surface area (Å²) in [5.74, 6) is -1.16. The van der Waals surface area contributed by atoms with E-state index in [4.69, 9.17) is 34.8 Å². The van der Waals surface area contributed by atoms with Gasteiger partial charge in [-0.25, -0.2) is 19.7 Å². The van der Waals surface area contributed by atoms with Crippen molar-refractivity contribution in [3.63, 3.8) is 0 Å². The Labute approximate surface area is 279 Å². The molecule has 0 saturated carbocycles. The Balaban J connectivity index is 0.000000644. The van der Waals surface area contributed by atoms with Crippen LogP contribution in [0.1, 0.15) is 26.2 Å². The Bertz CT molecular complexity index is 1620. The number of benzene rings is 1. The molecular weight excluding hydrogens is 715 g/mol. The van der Waals surface area contributed by atoms with E-state index in [1.807, 2.05) is 12.1 Å². The van der Waals surface area contributed by atoms with Gasteiger partial charge in [0.25, 0.3) is 5.91 Å². The molecule has 2 aliphatic heterocycles. The summed E-state index contributed by atoms with van der Waals surface area (Å²) in [6.07, 6.45) is -1.80. The molecule has 5 rings (SSSR count). The summed E-state index contributed by atoms with van der Waals surface area (Å²) in [5.41, 5.74) is 7.40. The highest BCUT2D eigenvalue weighted by Gasteiger charge is 2.38. The number of likely N-dealkylation sites (tertiary alicyclic amines) is 1. The number of hydrogen-bond donors (Lipinski definition) is 2. The fourth-order valence-electron chi connectivity index (χ4n) is 4.84. The first kappa shape index (κ1) is 36.0. The molecule has 2 aliphatic rings. The highest BCUT2D eigenvalue weighted by Crippen LogP contribution is 2.43. The Morgan fingerprint density at radius 1 is 1.19 bits per heavy atom. The second-order valence-corrected chi connectivity index (χ2v) is 12.8. The number of rotatable bonds is 9. The minimum absolute atomic E-state index is 0.144. The van der Waals surface area contributed by atoms with Crippen LogP contribution in [-0.2, 0) is 25.7 Å². The smallest absolute Gasteiger partial charge is 0.475 e. The first-order chi connectivity index (χ1) is 22.1. The standard InChI is InChI=1S/C26H32BrN7O5S.C2HF3O2/c1-15(39-21(35)12-32(2)3)25(36)33-7-4-16(5-8-33)6-9-34-24-22(23(28)29-13-30-24)31-26(34)40-20-11-19-18(10-17(20)27)37-14-38-19;3-2(4,5)1(6)7/h10-11,13,15-16H,4-9,12,14H2,1-3H3,(H2,28,29,30);(H,6,7)/t15-;/m0./s1. The number of fused-ring (bicyclic) bond motifs is 2. The van der Waals surface area contributed by atoms with Crippen molar-refractivity contribution in [2.24, 2.45) is 5.92 Å². The molecule has 256 valence electrons. The van der Waals surface area contributed by atoms with Crippen LogP contribution < -0.4 is 15.2 Å². The van der Waals surface area contributed by atoms with E-state index in [9.17, 15) is 22.8 Å². The van der Waals surface area contributed by atoms with Crippen LogP contribution in [0.5, 0.6) is 11.5 Å². The number of ether oxygens (including phenoxy) is 3. The molecule has 1 aromatic carbocycles. The number of aryl methyl sites for hydroxylation is 1. The first-order valence-electron chi connectivity index (χ1n) is 14.3. The lowest BCUT2D eigenvalue weighted by Crippen LogP contribution is -2.45. The third-order valence-corrected chi connectivity index (χ3v) is 9.16. The number of nitrogen functional groups attached to an aromatic ring is 1. The van der Waals surface area contributed by atoms with E-state index in [0.29, 0.717) is 54.0 Å². The molecule has 0 bridgehead atoms. The number of piperidine rings is 1. The second kappa shape index (κ2) is 15.4. The van der Waals surface area contributed by atoms with Crippen LogP contribution in [0.25, 0.3) is 11.2 Å². The molecule has 0 spiro atoms. The third-order valence-electron chi connectivity index (χ3n) is 7.18. The number of halogens is 4. The molecule has 2 aromatic heterocycles. The maximum atomic E-state index is 12.8. The molecule has 3 aromatic rings. The van der Waals surface area contributed by atoms with Gasteiger partial charge < -0.3 is 34.5 Å². The summed E-state index contributed by atoms with van der Waals surface area (Å²) < 4.78 is 51.1.